The van der Waals surface area contributed by atoms with Crippen molar-refractivity contribution in [1.82, 2.24) is 14.8 Å². The molecule has 3 nitrogen and oxygen atoms in total. The number of hydrogen-bond acceptors (Lipinski definition) is 2. The normalized spacial score (nSPS) is 11.8. The maximum Gasteiger partial charge on any atom is 0.416 e. The third-order valence-electron chi connectivity index (χ3n) is 2.84. The lowest BCUT2D eigenvalue weighted by atomic mass is 10.1. The Labute approximate surface area is 113 Å². The minimum absolute atomic E-state index is 0.185. The van der Waals surface area contributed by atoms with Crippen molar-refractivity contribution in [2.24, 2.45) is 0 Å². The van der Waals surface area contributed by atoms with Crippen LogP contribution in [0.25, 0.3) is 5.69 Å². The first-order valence-electron chi connectivity index (χ1n) is 5.69. The zero-order valence-corrected chi connectivity index (χ0v) is 11.2. The van der Waals surface area contributed by atoms with Crippen LogP contribution in [0.4, 0.5) is 13.2 Å². The van der Waals surface area contributed by atoms with Gasteiger partial charge in [-0.1, -0.05) is 13.0 Å². The van der Waals surface area contributed by atoms with Crippen molar-refractivity contribution in [3.8, 4) is 5.69 Å². The number of aromatic nitrogens is 3. The van der Waals surface area contributed by atoms with E-state index in [-0.39, 0.29) is 10.3 Å². The van der Waals surface area contributed by atoms with Crippen LogP contribution in [0.5, 0.6) is 0 Å². The Hall–Kier alpha value is -1.63. The summed E-state index contributed by atoms with van der Waals surface area (Å²) in [6.07, 6.45) is -3.80. The van der Waals surface area contributed by atoms with E-state index in [0.29, 0.717) is 17.9 Å². The summed E-state index contributed by atoms with van der Waals surface area (Å²) in [5.41, 5.74) is -0.104. The first kappa shape index (κ1) is 13.8. The third kappa shape index (κ3) is 2.56. The predicted octanol–water partition coefficient (Wildman–Crippen LogP) is 3.82. The summed E-state index contributed by atoms with van der Waals surface area (Å²) < 4.78 is 40.5. The van der Waals surface area contributed by atoms with Gasteiger partial charge in [0.1, 0.15) is 5.82 Å². The number of nitrogens with one attached hydrogen (secondary N) is 1. The summed E-state index contributed by atoms with van der Waals surface area (Å²) in [5.74, 6) is 0.599. The van der Waals surface area contributed by atoms with Crippen molar-refractivity contribution >= 4 is 12.2 Å². The Kier molecular flexibility index (Phi) is 3.49. The molecule has 0 unspecified atom stereocenters. The topological polar surface area (TPSA) is 33.6 Å². The Bertz CT molecular complexity index is 655. The van der Waals surface area contributed by atoms with Crippen LogP contribution in [0.15, 0.2) is 18.2 Å². The van der Waals surface area contributed by atoms with Crippen LogP contribution >= 0.6 is 12.2 Å². The molecule has 0 fully saturated rings. The summed E-state index contributed by atoms with van der Waals surface area (Å²) in [5, 5.41) is 6.58. The van der Waals surface area contributed by atoms with Gasteiger partial charge in [-0.3, -0.25) is 9.67 Å². The molecule has 0 bridgehead atoms. The van der Waals surface area contributed by atoms with E-state index in [4.69, 9.17) is 12.2 Å². The van der Waals surface area contributed by atoms with Gasteiger partial charge in [0.05, 0.1) is 11.3 Å². The number of halogens is 3. The quantitative estimate of drug-likeness (QED) is 0.852. The maximum absolute atomic E-state index is 12.9. The average Bonchev–Trinajstić information content (AvgIpc) is 2.70. The second-order valence-corrected chi connectivity index (χ2v) is 4.52. The molecular weight excluding hydrogens is 275 g/mol. The van der Waals surface area contributed by atoms with E-state index in [1.807, 2.05) is 6.92 Å². The lowest BCUT2D eigenvalue weighted by Gasteiger charge is -2.13. The molecule has 0 atom stereocenters. The van der Waals surface area contributed by atoms with Crippen LogP contribution in [0, 0.1) is 11.7 Å². The highest BCUT2D eigenvalue weighted by Crippen LogP contribution is 2.33. The number of rotatable bonds is 2. The fraction of sp³-hybridized carbons (Fsp3) is 0.333. The van der Waals surface area contributed by atoms with Gasteiger partial charge in [0.15, 0.2) is 4.77 Å². The molecule has 0 aliphatic carbocycles. The van der Waals surface area contributed by atoms with Gasteiger partial charge >= 0.3 is 6.18 Å². The Balaban J connectivity index is 2.65. The largest absolute Gasteiger partial charge is 0.416 e. The summed E-state index contributed by atoms with van der Waals surface area (Å²) >= 11 is 5.05. The molecule has 0 aliphatic rings. The molecule has 102 valence electrons. The minimum atomic E-state index is -4.38. The lowest BCUT2D eigenvalue weighted by Crippen LogP contribution is -2.09. The first-order chi connectivity index (χ1) is 8.84. The van der Waals surface area contributed by atoms with Crippen LogP contribution in [-0.2, 0) is 12.6 Å². The Morgan fingerprint density at radius 2 is 2.05 bits per heavy atom. The van der Waals surface area contributed by atoms with Gasteiger partial charge in [0.25, 0.3) is 0 Å². The number of nitrogens with zero attached hydrogens (tertiary/aromatic N) is 2. The summed E-state index contributed by atoms with van der Waals surface area (Å²) in [6, 6.07) is 4.14. The van der Waals surface area contributed by atoms with Crippen LogP contribution < -0.4 is 0 Å². The van der Waals surface area contributed by atoms with E-state index in [1.165, 1.54) is 17.6 Å². The number of benzene rings is 1. The molecule has 2 rings (SSSR count). The molecule has 1 aromatic carbocycles. The molecular formula is C12H12F3N3S. The van der Waals surface area contributed by atoms with Gasteiger partial charge in [0, 0.05) is 6.42 Å². The van der Waals surface area contributed by atoms with Crippen molar-refractivity contribution in [3.63, 3.8) is 0 Å². The highest BCUT2D eigenvalue weighted by Gasteiger charge is 2.32. The van der Waals surface area contributed by atoms with Gasteiger partial charge < -0.3 is 0 Å². The van der Waals surface area contributed by atoms with Crippen molar-refractivity contribution in [1.29, 1.82) is 0 Å². The summed E-state index contributed by atoms with van der Waals surface area (Å²) in [4.78, 5) is 0. The smallest absolute Gasteiger partial charge is 0.272 e. The van der Waals surface area contributed by atoms with Crippen LogP contribution in [0.3, 0.4) is 0 Å². The van der Waals surface area contributed by atoms with Crippen molar-refractivity contribution < 1.29 is 13.2 Å². The SMILES string of the molecule is CCc1n[nH]c(=S)n1-c1ccc(C)c(C(F)(F)F)c1. The molecule has 7 heteroatoms. The molecule has 0 spiro atoms. The monoisotopic (exact) mass is 287 g/mol. The fourth-order valence-corrected chi connectivity index (χ4v) is 2.14. The maximum atomic E-state index is 12.9. The van der Waals surface area contributed by atoms with Gasteiger partial charge in [0.2, 0.25) is 0 Å². The highest BCUT2D eigenvalue weighted by atomic mass is 32.1. The zero-order valence-electron chi connectivity index (χ0n) is 10.4. The summed E-state index contributed by atoms with van der Waals surface area (Å²) in [7, 11) is 0. The van der Waals surface area contributed by atoms with Gasteiger partial charge in [-0.2, -0.15) is 18.3 Å². The lowest BCUT2D eigenvalue weighted by molar-refractivity contribution is -0.138. The second-order valence-electron chi connectivity index (χ2n) is 4.13. The van der Waals surface area contributed by atoms with Crippen LogP contribution in [-0.4, -0.2) is 14.8 Å². The van der Waals surface area contributed by atoms with Gasteiger partial charge in [-0.25, -0.2) is 0 Å². The molecule has 0 aliphatic heterocycles. The molecule has 0 saturated heterocycles. The van der Waals surface area contributed by atoms with Crippen molar-refractivity contribution in [2.75, 3.05) is 0 Å². The first-order valence-corrected chi connectivity index (χ1v) is 6.10. The van der Waals surface area contributed by atoms with E-state index in [1.54, 1.807) is 6.07 Å². The molecule has 19 heavy (non-hydrogen) atoms. The number of H-pyrrole nitrogens is 1. The van der Waals surface area contributed by atoms with Crippen molar-refractivity contribution in [2.45, 2.75) is 26.4 Å². The molecule has 0 radical (unpaired) electrons. The molecule has 0 amide bonds. The fourth-order valence-electron chi connectivity index (χ4n) is 1.89. The third-order valence-corrected chi connectivity index (χ3v) is 3.12. The van der Waals surface area contributed by atoms with E-state index in [0.717, 1.165) is 6.07 Å². The second kappa shape index (κ2) is 4.80. The molecule has 1 heterocycles. The summed E-state index contributed by atoms with van der Waals surface area (Å²) in [6.45, 7) is 3.29. The standard InChI is InChI=1S/C12H12F3N3S/c1-3-10-16-17-11(19)18(10)8-5-4-7(2)9(6-8)12(13,14)15/h4-6H,3H2,1-2H3,(H,17,19). The minimum Gasteiger partial charge on any atom is -0.272 e. The van der Waals surface area contributed by atoms with Crippen LogP contribution in [0.2, 0.25) is 0 Å². The highest BCUT2D eigenvalue weighted by molar-refractivity contribution is 7.71. The molecule has 1 aromatic heterocycles. The number of alkyl halides is 3. The van der Waals surface area contributed by atoms with Crippen molar-refractivity contribution in [3.05, 3.63) is 39.9 Å². The molecule has 1 N–H and O–H groups in total. The molecule has 2 aromatic rings. The number of aryl methyl sites for hydroxylation is 2. The van der Waals surface area contributed by atoms with E-state index < -0.39 is 11.7 Å². The Morgan fingerprint density at radius 1 is 1.37 bits per heavy atom. The van der Waals surface area contributed by atoms with Crippen LogP contribution in [0.1, 0.15) is 23.9 Å². The number of hydrogen-bond donors (Lipinski definition) is 1. The Morgan fingerprint density at radius 3 is 2.63 bits per heavy atom. The van der Waals surface area contributed by atoms with E-state index in [9.17, 15) is 13.2 Å². The van der Waals surface area contributed by atoms with E-state index >= 15 is 0 Å². The number of aromatic amines is 1. The van der Waals surface area contributed by atoms with E-state index in [2.05, 4.69) is 10.2 Å². The molecule has 0 saturated carbocycles. The zero-order chi connectivity index (χ0) is 14.2. The van der Waals surface area contributed by atoms with Gasteiger partial charge in [-0.05, 0) is 36.8 Å². The van der Waals surface area contributed by atoms with Gasteiger partial charge in [-0.15, -0.1) is 0 Å². The average molecular weight is 287 g/mol. The predicted molar refractivity (Wildman–Crippen MR) is 67.9 cm³/mol.